The monoisotopic (exact) mass is 540 g/mol. The van der Waals surface area contributed by atoms with Gasteiger partial charge < -0.3 is 16.0 Å². The van der Waals surface area contributed by atoms with Crippen molar-refractivity contribution in [2.75, 3.05) is 48.2 Å². The number of nitrogens with zero attached hydrogens (tertiary/aromatic N) is 4. The largest absolute Gasteiger partial charge is 0.393 e. The number of nitro groups is 1. The Morgan fingerprint density at radius 1 is 1.22 bits per heavy atom. The lowest BCUT2D eigenvalue weighted by atomic mass is 10.1. The van der Waals surface area contributed by atoms with Gasteiger partial charge in [0.2, 0.25) is 0 Å². The molecule has 16 heteroatoms. The summed E-state index contributed by atoms with van der Waals surface area (Å²) in [6, 6.07) is 6.78. The lowest BCUT2D eigenvalue weighted by molar-refractivity contribution is -0.383. The van der Waals surface area contributed by atoms with E-state index in [4.69, 9.17) is 9.92 Å². The second-order valence-corrected chi connectivity index (χ2v) is 11.2. The Labute approximate surface area is 207 Å². The molecule has 0 unspecified atom stereocenters. The third-order valence-electron chi connectivity index (χ3n) is 5.08. The molecule has 1 aromatic heterocycles. The maximum Gasteiger partial charge on any atom is 0.293 e. The van der Waals surface area contributed by atoms with E-state index < -0.39 is 36.7 Å². The first-order valence-corrected chi connectivity index (χ1v) is 14.0. The Balaban J connectivity index is 2.01. The van der Waals surface area contributed by atoms with Crippen molar-refractivity contribution in [1.82, 2.24) is 9.19 Å². The number of rotatable bonds is 10. The molecule has 0 aliphatic carbocycles. The van der Waals surface area contributed by atoms with E-state index in [1.165, 1.54) is 24.4 Å². The number of aromatic nitrogens is 2. The zero-order valence-electron chi connectivity index (χ0n) is 19.5. The first kappa shape index (κ1) is 26.8. The van der Waals surface area contributed by atoms with Crippen LogP contribution in [-0.4, -0.2) is 69.1 Å². The molecule has 0 saturated carbocycles. The minimum Gasteiger partial charge on any atom is -0.393 e. The van der Waals surface area contributed by atoms with Crippen LogP contribution in [0.15, 0.2) is 36.5 Å². The highest BCUT2D eigenvalue weighted by molar-refractivity contribution is 7.89. The molecule has 0 bridgehead atoms. The average Bonchev–Trinajstić information content (AvgIpc) is 3.19. The van der Waals surface area contributed by atoms with E-state index in [0.29, 0.717) is 11.9 Å². The number of nitrogens with two attached hydrogens (primary N) is 1. The van der Waals surface area contributed by atoms with E-state index in [1.807, 2.05) is 0 Å². The van der Waals surface area contributed by atoms with Crippen molar-refractivity contribution in [2.45, 2.75) is 6.92 Å². The summed E-state index contributed by atoms with van der Waals surface area (Å²) in [7, 11) is -7.40. The Morgan fingerprint density at radius 2 is 1.92 bits per heavy atom. The fraction of sp³-hybridized carbons (Fsp3) is 0.300. The molecule has 0 aliphatic rings. The smallest absolute Gasteiger partial charge is 0.293 e. The van der Waals surface area contributed by atoms with E-state index in [9.17, 15) is 31.7 Å². The number of hydrogen-bond donors (Lipinski definition) is 2. The first-order valence-electron chi connectivity index (χ1n) is 10.4. The molecule has 0 atom stereocenters. The highest BCUT2D eigenvalue weighted by atomic mass is 32.2. The fourth-order valence-corrected chi connectivity index (χ4v) is 4.59. The van der Waals surface area contributed by atoms with Gasteiger partial charge in [0.15, 0.2) is 0 Å². The fourth-order valence-electron chi connectivity index (χ4n) is 3.48. The van der Waals surface area contributed by atoms with Crippen LogP contribution < -0.4 is 16.0 Å². The second-order valence-electron chi connectivity index (χ2n) is 7.77. The summed E-state index contributed by atoms with van der Waals surface area (Å²) in [5.74, 6) is -0.736. The van der Waals surface area contributed by atoms with Crippen LogP contribution in [0.25, 0.3) is 10.9 Å². The first-order chi connectivity index (χ1) is 16.7. The van der Waals surface area contributed by atoms with Gasteiger partial charge in [-0.3, -0.25) is 19.1 Å². The van der Waals surface area contributed by atoms with Crippen molar-refractivity contribution in [3.8, 4) is 0 Å². The third kappa shape index (κ3) is 6.07. The lowest BCUT2D eigenvalue weighted by Gasteiger charge is -2.25. The number of fused-ring (bicyclic) bond motifs is 1. The molecule has 0 spiro atoms. The zero-order valence-corrected chi connectivity index (χ0v) is 21.2. The van der Waals surface area contributed by atoms with Crippen LogP contribution in [0.2, 0.25) is 0 Å². The van der Waals surface area contributed by atoms with Crippen LogP contribution in [0.1, 0.15) is 17.3 Å². The summed E-state index contributed by atoms with van der Waals surface area (Å²) in [4.78, 5) is 25.6. The van der Waals surface area contributed by atoms with Gasteiger partial charge in [-0.2, -0.15) is 17.6 Å². The minimum atomic E-state index is -3.70. The summed E-state index contributed by atoms with van der Waals surface area (Å²) >= 11 is 0. The highest BCUT2D eigenvalue weighted by Crippen LogP contribution is 2.32. The molecule has 14 nitrogen and oxygen atoms in total. The molecular formula is C20H24N6O8S2. The molecule has 2 aromatic carbocycles. The van der Waals surface area contributed by atoms with Gasteiger partial charge in [-0.1, -0.05) is 0 Å². The number of nitrogen functional groups attached to an aromatic ring is 1. The lowest BCUT2D eigenvalue weighted by Crippen LogP contribution is -2.30. The van der Waals surface area contributed by atoms with Crippen molar-refractivity contribution >= 4 is 59.7 Å². The minimum absolute atomic E-state index is 0.0423. The number of carbonyl (C=O) groups excluding carboxylic acids is 1. The Kier molecular flexibility index (Phi) is 7.51. The number of nitro benzene ring substituents is 1. The van der Waals surface area contributed by atoms with E-state index in [0.717, 1.165) is 22.7 Å². The van der Waals surface area contributed by atoms with Crippen LogP contribution in [0.3, 0.4) is 0 Å². The average molecular weight is 541 g/mol. The number of carbonyl (C=O) groups is 1. The number of hydrogen-bond acceptors (Lipinski definition) is 11. The Morgan fingerprint density at radius 3 is 2.50 bits per heavy atom. The number of anilines is 3. The Bertz CT molecular complexity index is 1550. The summed E-state index contributed by atoms with van der Waals surface area (Å²) in [6.07, 6.45) is 3.25. The quantitative estimate of drug-likeness (QED) is 0.163. The maximum absolute atomic E-state index is 13.3. The zero-order chi connectivity index (χ0) is 26.8. The molecule has 0 fully saturated rings. The van der Waals surface area contributed by atoms with E-state index >= 15 is 0 Å². The predicted octanol–water partition coefficient (Wildman–Crippen LogP) is 1.39. The molecule has 3 rings (SSSR count). The normalized spacial score (nSPS) is 12.0. The van der Waals surface area contributed by atoms with Crippen molar-refractivity contribution in [3.63, 3.8) is 0 Å². The Hall–Kier alpha value is -3.76. The predicted molar refractivity (Wildman–Crippen MR) is 134 cm³/mol. The van der Waals surface area contributed by atoms with Crippen LogP contribution in [0.5, 0.6) is 0 Å². The van der Waals surface area contributed by atoms with Crippen molar-refractivity contribution in [1.29, 1.82) is 0 Å². The molecule has 3 aromatic rings. The number of benzene rings is 2. The van der Waals surface area contributed by atoms with Gasteiger partial charge in [-0.15, -0.1) is 0 Å². The van der Waals surface area contributed by atoms with Gasteiger partial charge in [0.05, 0.1) is 47.0 Å². The maximum atomic E-state index is 13.3. The van der Waals surface area contributed by atoms with Crippen LogP contribution in [-0.2, 0) is 24.3 Å². The number of nitrogens with one attached hydrogen (secondary N) is 1. The van der Waals surface area contributed by atoms with E-state index in [-0.39, 0.29) is 41.3 Å². The van der Waals surface area contributed by atoms with Crippen LogP contribution in [0, 0.1) is 10.1 Å². The van der Waals surface area contributed by atoms with Gasteiger partial charge >= 0.3 is 0 Å². The van der Waals surface area contributed by atoms with Gasteiger partial charge in [0.25, 0.3) is 31.7 Å². The second kappa shape index (κ2) is 10.1. The van der Waals surface area contributed by atoms with Gasteiger partial charge in [-0.25, -0.2) is 8.42 Å². The molecule has 194 valence electrons. The SMILES string of the molecule is CCN(CCOS(C)(=O)=O)c1cc(N)c([N+](=O)[O-])cc1C(=O)Nc1ccc2cnn(S(C)(=O)=O)c2c1. The summed E-state index contributed by atoms with van der Waals surface area (Å²) in [5, 5.41) is 18.4. The van der Waals surface area contributed by atoms with Crippen LogP contribution in [0.4, 0.5) is 22.7 Å². The van der Waals surface area contributed by atoms with Crippen LogP contribution >= 0.6 is 0 Å². The van der Waals surface area contributed by atoms with Crippen molar-refractivity contribution in [3.05, 3.63) is 52.2 Å². The molecule has 1 amide bonds. The standard InChI is InChI=1S/C20H24N6O8S2/c1-4-24(7-8-34-36(3,32)33)18-11-16(21)19(26(28)29)10-15(18)20(27)23-14-6-5-13-12-22-25(17(13)9-14)35(2,30)31/h5-6,9-12H,4,7-8,21H2,1-3H3,(H,23,27). The number of likely N-dealkylation sites (N-methyl/N-ethyl adjacent to an activating group) is 1. The molecule has 1 heterocycles. The highest BCUT2D eigenvalue weighted by Gasteiger charge is 2.24. The molecule has 3 N–H and O–H groups in total. The van der Waals surface area contributed by atoms with Crippen molar-refractivity contribution < 1.29 is 30.7 Å². The van der Waals surface area contributed by atoms with Gasteiger partial charge in [0, 0.05) is 30.2 Å². The number of amides is 1. The summed E-state index contributed by atoms with van der Waals surface area (Å²) in [5.41, 5.74) is 5.73. The third-order valence-corrected chi connectivity index (χ3v) is 6.59. The van der Waals surface area contributed by atoms with Gasteiger partial charge in [-0.05, 0) is 31.2 Å². The molecule has 0 saturated heterocycles. The molecule has 0 radical (unpaired) electrons. The molecule has 36 heavy (non-hydrogen) atoms. The summed E-state index contributed by atoms with van der Waals surface area (Å²) in [6.45, 7) is 1.85. The molecule has 0 aliphatic heterocycles. The summed E-state index contributed by atoms with van der Waals surface area (Å²) < 4.78 is 52.2. The van der Waals surface area contributed by atoms with E-state index in [1.54, 1.807) is 17.9 Å². The van der Waals surface area contributed by atoms with E-state index in [2.05, 4.69) is 10.4 Å². The van der Waals surface area contributed by atoms with Gasteiger partial charge in [0.1, 0.15) is 5.69 Å². The molecular weight excluding hydrogens is 516 g/mol. The topological polar surface area (TPSA) is 197 Å². The van der Waals surface area contributed by atoms with Crippen molar-refractivity contribution in [2.24, 2.45) is 0 Å².